The summed E-state index contributed by atoms with van der Waals surface area (Å²) in [5.41, 5.74) is 0. The van der Waals surface area contributed by atoms with E-state index in [0.717, 1.165) is 24.9 Å². The Balaban J connectivity index is 1.68. The van der Waals surface area contributed by atoms with Gasteiger partial charge in [0.2, 0.25) is 0 Å². The molecule has 0 aromatic rings. The van der Waals surface area contributed by atoms with Gasteiger partial charge in [0.1, 0.15) is 0 Å². The number of piperidine rings is 1. The molecular formula is C14H26N2O2. The number of nitrogens with zero attached hydrogens (tertiary/aromatic N) is 1. The largest absolute Gasteiger partial charge is 0.469 e. The fraction of sp³-hybridized carbons (Fsp3) is 0.929. The van der Waals surface area contributed by atoms with Gasteiger partial charge in [-0.15, -0.1) is 0 Å². The highest BCUT2D eigenvalue weighted by atomic mass is 16.5. The van der Waals surface area contributed by atoms with Crippen molar-refractivity contribution in [2.75, 3.05) is 33.3 Å². The minimum Gasteiger partial charge on any atom is -0.469 e. The van der Waals surface area contributed by atoms with E-state index in [1.807, 2.05) is 0 Å². The Morgan fingerprint density at radius 2 is 2.00 bits per heavy atom. The maximum Gasteiger partial charge on any atom is 0.305 e. The van der Waals surface area contributed by atoms with Crippen molar-refractivity contribution in [1.29, 1.82) is 0 Å². The number of nitrogens with one attached hydrogen (secondary N) is 1. The Morgan fingerprint density at radius 3 is 2.61 bits per heavy atom. The highest BCUT2D eigenvalue weighted by Gasteiger charge is 2.30. The molecule has 2 rings (SSSR count). The van der Waals surface area contributed by atoms with Crippen LogP contribution in [0.4, 0.5) is 0 Å². The van der Waals surface area contributed by atoms with Gasteiger partial charge in [-0.1, -0.05) is 0 Å². The summed E-state index contributed by atoms with van der Waals surface area (Å²) in [7, 11) is 1.47. The van der Waals surface area contributed by atoms with Crippen LogP contribution < -0.4 is 5.32 Å². The van der Waals surface area contributed by atoms with Crippen LogP contribution in [0.2, 0.25) is 0 Å². The van der Waals surface area contributed by atoms with Crippen LogP contribution in [0.5, 0.6) is 0 Å². The molecule has 0 aromatic carbocycles. The third kappa shape index (κ3) is 4.58. The Hall–Kier alpha value is -0.610. The zero-order chi connectivity index (χ0) is 12.8. The molecule has 4 nitrogen and oxygen atoms in total. The molecule has 1 heterocycles. The van der Waals surface area contributed by atoms with Gasteiger partial charge >= 0.3 is 5.97 Å². The van der Waals surface area contributed by atoms with Crippen molar-refractivity contribution in [3.05, 3.63) is 0 Å². The molecule has 1 aliphatic carbocycles. The molecule has 104 valence electrons. The van der Waals surface area contributed by atoms with Crippen LogP contribution in [0.25, 0.3) is 0 Å². The van der Waals surface area contributed by atoms with E-state index in [0.29, 0.717) is 6.42 Å². The van der Waals surface area contributed by atoms with Gasteiger partial charge in [0.15, 0.2) is 0 Å². The number of rotatable bonds is 7. The second kappa shape index (κ2) is 7.10. The molecule has 4 heteroatoms. The summed E-state index contributed by atoms with van der Waals surface area (Å²) in [5, 5.41) is 3.42. The van der Waals surface area contributed by atoms with Crippen LogP contribution in [-0.2, 0) is 9.53 Å². The Labute approximate surface area is 110 Å². The van der Waals surface area contributed by atoms with Gasteiger partial charge in [-0.05, 0) is 57.7 Å². The van der Waals surface area contributed by atoms with Crippen molar-refractivity contribution in [1.82, 2.24) is 10.2 Å². The SMILES string of the molecule is COC(=O)CCCN(CC1CCNCC1)C1CC1. The lowest BCUT2D eigenvalue weighted by Crippen LogP contribution is -2.37. The predicted molar refractivity (Wildman–Crippen MR) is 71.4 cm³/mol. The fourth-order valence-corrected chi connectivity index (χ4v) is 2.79. The van der Waals surface area contributed by atoms with Gasteiger partial charge in [0, 0.05) is 19.0 Å². The third-order valence-corrected chi connectivity index (χ3v) is 4.07. The number of esters is 1. The van der Waals surface area contributed by atoms with E-state index in [1.165, 1.54) is 52.4 Å². The van der Waals surface area contributed by atoms with Crippen LogP contribution >= 0.6 is 0 Å². The van der Waals surface area contributed by atoms with E-state index in [2.05, 4.69) is 10.2 Å². The van der Waals surface area contributed by atoms with Gasteiger partial charge in [-0.3, -0.25) is 4.79 Å². The van der Waals surface area contributed by atoms with Crippen molar-refractivity contribution in [2.45, 2.75) is 44.6 Å². The molecule has 0 bridgehead atoms. The Kier molecular flexibility index (Phi) is 5.45. The lowest BCUT2D eigenvalue weighted by molar-refractivity contribution is -0.140. The molecule has 2 fully saturated rings. The first-order chi connectivity index (χ1) is 8.79. The van der Waals surface area contributed by atoms with Gasteiger partial charge in [-0.25, -0.2) is 0 Å². The second-order valence-corrected chi connectivity index (χ2v) is 5.60. The molecule has 1 saturated heterocycles. The van der Waals surface area contributed by atoms with Crippen molar-refractivity contribution in [3.8, 4) is 0 Å². The van der Waals surface area contributed by atoms with E-state index < -0.39 is 0 Å². The lowest BCUT2D eigenvalue weighted by Gasteiger charge is -2.30. The average Bonchev–Trinajstić information content (AvgIpc) is 3.23. The minimum absolute atomic E-state index is 0.0763. The van der Waals surface area contributed by atoms with E-state index >= 15 is 0 Å². The molecule has 0 amide bonds. The smallest absolute Gasteiger partial charge is 0.305 e. The fourth-order valence-electron chi connectivity index (χ4n) is 2.79. The number of hydrogen-bond donors (Lipinski definition) is 1. The molecule has 18 heavy (non-hydrogen) atoms. The first-order valence-corrected chi connectivity index (χ1v) is 7.31. The standard InChI is InChI=1S/C14H26N2O2/c1-18-14(17)3-2-10-16(13-4-5-13)11-12-6-8-15-9-7-12/h12-13,15H,2-11H2,1H3. The third-order valence-electron chi connectivity index (χ3n) is 4.07. The van der Waals surface area contributed by atoms with E-state index in [9.17, 15) is 4.79 Å². The molecule has 1 N–H and O–H groups in total. The molecule has 0 atom stereocenters. The minimum atomic E-state index is -0.0763. The summed E-state index contributed by atoms with van der Waals surface area (Å²) in [5.74, 6) is 0.776. The lowest BCUT2D eigenvalue weighted by atomic mass is 9.97. The monoisotopic (exact) mass is 254 g/mol. The number of hydrogen-bond acceptors (Lipinski definition) is 4. The van der Waals surface area contributed by atoms with Gasteiger partial charge in [0.05, 0.1) is 7.11 Å². The van der Waals surface area contributed by atoms with Gasteiger partial charge < -0.3 is 15.0 Å². The van der Waals surface area contributed by atoms with Crippen molar-refractivity contribution < 1.29 is 9.53 Å². The molecule has 1 aliphatic heterocycles. The Morgan fingerprint density at radius 1 is 1.28 bits per heavy atom. The summed E-state index contributed by atoms with van der Waals surface area (Å²) in [6.45, 7) is 4.63. The average molecular weight is 254 g/mol. The summed E-state index contributed by atoms with van der Waals surface area (Å²) in [6.07, 6.45) is 6.81. The highest BCUT2D eigenvalue weighted by Crippen LogP contribution is 2.29. The Bertz CT molecular complexity index is 261. The van der Waals surface area contributed by atoms with Crippen LogP contribution in [0.15, 0.2) is 0 Å². The molecular weight excluding hydrogens is 228 g/mol. The molecule has 0 unspecified atom stereocenters. The molecule has 1 saturated carbocycles. The van der Waals surface area contributed by atoms with E-state index in [4.69, 9.17) is 4.74 Å². The van der Waals surface area contributed by atoms with Gasteiger partial charge in [0.25, 0.3) is 0 Å². The summed E-state index contributed by atoms with van der Waals surface area (Å²) in [4.78, 5) is 13.7. The highest BCUT2D eigenvalue weighted by molar-refractivity contribution is 5.69. The van der Waals surface area contributed by atoms with Crippen LogP contribution in [0, 0.1) is 5.92 Å². The molecule has 0 radical (unpaired) electrons. The normalized spacial score (nSPS) is 21.2. The van der Waals surface area contributed by atoms with E-state index in [-0.39, 0.29) is 5.97 Å². The van der Waals surface area contributed by atoms with E-state index in [1.54, 1.807) is 0 Å². The van der Waals surface area contributed by atoms with Crippen molar-refractivity contribution in [3.63, 3.8) is 0 Å². The summed E-state index contributed by atoms with van der Waals surface area (Å²) >= 11 is 0. The van der Waals surface area contributed by atoms with Crippen LogP contribution in [-0.4, -0.2) is 50.2 Å². The van der Waals surface area contributed by atoms with Crippen LogP contribution in [0.1, 0.15) is 38.5 Å². The predicted octanol–water partition coefficient (Wildman–Crippen LogP) is 1.40. The quantitative estimate of drug-likeness (QED) is 0.697. The topological polar surface area (TPSA) is 41.6 Å². The number of carbonyl (C=O) groups excluding carboxylic acids is 1. The molecule has 2 aliphatic rings. The zero-order valence-corrected chi connectivity index (χ0v) is 11.5. The number of ether oxygens (including phenoxy) is 1. The maximum absolute atomic E-state index is 11.1. The van der Waals surface area contributed by atoms with Gasteiger partial charge in [-0.2, -0.15) is 0 Å². The van der Waals surface area contributed by atoms with Crippen LogP contribution in [0.3, 0.4) is 0 Å². The molecule has 0 spiro atoms. The maximum atomic E-state index is 11.1. The second-order valence-electron chi connectivity index (χ2n) is 5.60. The summed E-state index contributed by atoms with van der Waals surface area (Å²) in [6, 6.07) is 0.803. The van der Waals surface area contributed by atoms with Crippen molar-refractivity contribution >= 4 is 5.97 Å². The molecule has 0 aromatic heterocycles. The number of carbonyl (C=O) groups is 1. The van der Waals surface area contributed by atoms with Crippen molar-refractivity contribution in [2.24, 2.45) is 5.92 Å². The zero-order valence-electron chi connectivity index (χ0n) is 11.5. The number of methoxy groups -OCH3 is 1. The summed E-state index contributed by atoms with van der Waals surface area (Å²) < 4.78 is 4.69. The first kappa shape index (κ1) is 13.8. The first-order valence-electron chi connectivity index (χ1n) is 7.31.